The van der Waals surface area contributed by atoms with Crippen molar-refractivity contribution in [1.82, 2.24) is 9.97 Å². The van der Waals surface area contributed by atoms with Crippen molar-refractivity contribution in [3.05, 3.63) is 24.0 Å². The van der Waals surface area contributed by atoms with Crippen LogP contribution >= 0.6 is 0 Å². The molecule has 144 valence electrons. The van der Waals surface area contributed by atoms with Gasteiger partial charge in [-0.1, -0.05) is 12.8 Å². The van der Waals surface area contributed by atoms with Gasteiger partial charge in [0.1, 0.15) is 17.8 Å². The normalized spacial score (nSPS) is 19.6. The number of esters is 1. The molecule has 1 aliphatic carbocycles. The molecular weight excluding hydrogens is 344 g/mol. The van der Waals surface area contributed by atoms with E-state index in [0.717, 1.165) is 42.4 Å². The van der Waals surface area contributed by atoms with Gasteiger partial charge in [-0.25, -0.2) is 9.78 Å². The number of hydrogen-bond donors (Lipinski definition) is 2. The van der Waals surface area contributed by atoms with Crippen LogP contribution in [0.1, 0.15) is 48.9 Å². The minimum Gasteiger partial charge on any atom is -0.460 e. The lowest BCUT2D eigenvalue weighted by Gasteiger charge is -2.30. The maximum atomic E-state index is 12.5. The predicted molar refractivity (Wildman–Crippen MR) is 102 cm³/mol. The van der Waals surface area contributed by atoms with Gasteiger partial charge >= 0.3 is 5.97 Å². The van der Waals surface area contributed by atoms with Crippen LogP contribution in [0.2, 0.25) is 0 Å². The van der Waals surface area contributed by atoms with Crippen molar-refractivity contribution in [2.45, 2.75) is 44.6 Å². The maximum Gasteiger partial charge on any atom is 0.341 e. The van der Waals surface area contributed by atoms with Gasteiger partial charge in [0.25, 0.3) is 0 Å². The fourth-order valence-corrected chi connectivity index (χ4v) is 3.77. The second-order valence-electron chi connectivity index (χ2n) is 6.99. The number of pyridine rings is 1. The zero-order valence-corrected chi connectivity index (χ0v) is 15.7. The highest BCUT2D eigenvalue weighted by Gasteiger charge is 2.25. The Hall–Kier alpha value is -2.59. The van der Waals surface area contributed by atoms with E-state index in [2.05, 4.69) is 21.4 Å². The number of aromatic nitrogens is 2. The summed E-state index contributed by atoms with van der Waals surface area (Å²) in [7, 11) is 1.57. The molecule has 2 aromatic rings. The number of anilines is 1. The molecule has 0 aromatic carbocycles. The van der Waals surface area contributed by atoms with Crippen molar-refractivity contribution in [2.75, 3.05) is 25.6 Å². The van der Waals surface area contributed by atoms with Crippen LogP contribution in [0.4, 0.5) is 5.69 Å². The SMILES string of the molecule is COCCOC(=O)c1cnc2[nH]ccc2c1N[C@H]1CCC[C@@H](CCC#N)C1. The van der Waals surface area contributed by atoms with Gasteiger partial charge < -0.3 is 19.8 Å². The van der Waals surface area contributed by atoms with Gasteiger partial charge in [0.15, 0.2) is 0 Å². The molecule has 2 atom stereocenters. The third-order valence-corrected chi connectivity index (χ3v) is 5.12. The number of rotatable bonds is 8. The summed E-state index contributed by atoms with van der Waals surface area (Å²) in [5, 5.41) is 13.3. The van der Waals surface area contributed by atoms with E-state index in [9.17, 15) is 4.79 Å². The lowest BCUT2D eigenvalue weighted by Crippen LogP contribution is -2.28. The van der Waals surface area contributed by atoms with Crippen molar-refractivity contribution in [3.8, 4) is 6.07 Å². The Balaban J connectivity index is 1.79. The number of nitrogens with one attached hydrogen (secondary N) is 2. The van der Waals surface area contributed by atoms with Crippen LogP contribution < -0.4 is 5.32 Å². The van der Waals surface area contributed by atoms with Gasteiger partial charge in [-0.15, -0.1) is 0 Å². The van der Waals surface area contributed by atoms with Crippen LogP contribution in [0.15, 0.2) is 18.5 Å². The number of H-pyrrole nitrogens is 1. The summed E-state index contributed by atoms with van der Waals surface area (Å²) in [5.41, 5.74) is 1.95. The van der Waals surface area contributed by atoms with Gasteiger partial charge in [0.05, 0.1) is 18.4 Å². The first kappa shape index (κ1) is 19.2. The number of aromatic amines is 1. The van der Waals surface area contributed by atoms with Crippen LogP contribution in [0.5, 0.6) is 0 Å². The minimum atomic E-state index is -0.401. The number of carbonyl (C=O) groups excluding carboxylic acids is 1. The summed E-state index contributed by atoms with van der Waals surface area (Å²) in [5.74, 6) is 0.151. The van der Waals surface area contributed by atoms with Crippen molar-refractivity contribution in [2.24, 2.45) is 5.92 Å². The summed E-state index contributed by atoms with van der Waals surface area (Å²) < 4.78 is 10.3. The summed E-state index contributed by atoms with van der Waals surface area (Å²) >= 11 is 0. The number of hydrogen-bond acceptors (Lipinski definition) is 6. The van der Waals surface area contributed by atoms with Crippen molar-refractivity contribution >= 4 is 22.7 Å². The molecule has 7 heteroatoms. The molecule has 2 N–H and O–H groups in total. The van der Waals surface area contributed by atoms with Crippen LogP contribution in [0.3, 0.4) is 0 Å². The average Bonchev–Trinajstić information content (AvgIpc) is 3.16. The molecule has 1 saturated carbocycles. The van der Waals surface area contributed by atoms with E-state index in [-0.39, 0.29) is 12.6 Å². The van der Waals surface area contributed by atoms with E-state index in [4.69, 9.17) is 14.7 Å². The molecule has 0 unspecified atom stereocenters. The molecule has 0 saturated heterocycles. The zero-order chi connectivity index (χ0) is 19.1. The average molecular weight is 370 g/mol. The van der Waals surface area contributed by atoms with Gasteiger partial charge in [0, 0.05) is 37.4 Å². The lowest BCUT2D eigenvalue weighted by atomic mass is 9.83. The van der Waals surface area contributed by atoms with Crippen molar-refractivity contribution < 1.29 is 14.3 Å². The summed E-state index contributed by atoms with van der Waals surface area (Å²) in [6.45, 7) is 0.567. The standard InChI is InChI=1S/C20H26N4O3/c1-26-10-11-27-20(25)17-13-23-19-16(7-9-22-19)18(17)24-15-6-2-4-14(12-15)5-3-8-21/h7,9,13-15H,2-6,10-12H2,1H3,(H2,22,23,24)/t14-,15-/m0/s1. The number of nitriles is 1. The van der Waals surface area contributed by atoms with Crippen molar-refractivity contribution in [1.29, 1.82) is 5.26 Å². The second-order valence-corrected chi connectivity index (χ2v) is 6.99. The molecule has 0 bridgehead atoms. The third kappa shape index (κ3) is 4.77. The fraction of sp³-hybridized carbons (Fsp3) is 0.550. The number of fused-ring (bicyclic) bond motifs is 1. The second kappa shape index (κ2) is 9.38. The van der Waals surface area contributed by atoms with Gasteiger partial charge in [-0.05, 0) is 31.2 Å². The molecule has 27 heavy (non-hydrogen) atoms. The van der Waals surface area contributed by atoms with Crippen LogP contribution in [-0.2, 0) is 9.47 Å². The molecule has 2 heterocycles. The summed E-state index contributed by atoms with van der Waals surface area (Å²) in [4.78, 5) is 20.0. The Labute approximate surface area is 159 Å². The number of carbonyl (C=O) groups is 1. The quantitative estimate of drug-likeness (QED) is 0.543. The zero-order valence-electron chi connectivity index (χ0n) is 15.7. The topological polar surface area (TPSA) is 100 Å². The van der Waals surface area contributed by atoms with E-state index in [1.807, 2.05) is 12.3 Å². The van der Waals surface area contributed by atoms with Gasteiger partial charge in [0.2, 0.25) is 0 Å². The molecule has 7 nitrogen and oxygen atoms in total. The number of nitrogens with zero attached hydrogens (tertiary/aromatic N) is 2. The largest absolute Gasteiger partial charge is 0.460 e. The molecular formula is C20H26N4O3. The van der Waals surface area contributed by atoms with Gasteiger partial charge in [-0.3, -0.25) is 0 Å². The van der Waals surface area contributed by atoms with Gasteiger partial charge in [-0.2, -0.15) is 5.26 Å². The molecule has 0 amide bonds. The van der Waals surface area contributed by atoms with E-state index in [1.165, 1.54) is 6.42 Å². The highest BCUT2D eigenvalue weighted by atomic mass is 16.6. The first-order valence-electron chi connectivity index (χ1n) is 9.48. The highest BCUT2D eigenvalue weighted by Crippen LogP contribution is 2.33. The summed E-state index contributed by atoms with van der Waals surface area (Å²) in [6, 6.07) is 4.44. The molecule has 1 aliphatic rings. The number of ether oxygens (including phenoxy) is 2. The molecule has 0 spiro atoms. The van der Waals surface area contributed by atoms with E-state index in [1.54, 1.807) is 13.3 Å². The van der Waals surface area contributed by atoms with Crippen molar-refractivity contribution in [3.63, 3.8) is 0 Å². The Morgan fingerprint density at radius 1 is 1.44 bits per heavy atom. The van der Waals surface area contributed by atoms with Crippen LogP contribution in [-0.4, -0.2) is 42.3 Å². The lowest BCUT2D eigenvalue weighted by molar-refractivity contribution is 0.0389. The highest BCUT2D eigenvalue weighted by molar-refractivity contribution is 6.04. The van der Waals surface area contributed by atoms with Crippen LogP contribution in [0, 0.1) is 17.2 Å². The number of methoxy groups -OCH3 is 1. The molecule has 0 aliphatic heterocycles. The van der Waals surface area contributed by atoms with Crippen LogP contribution in [0.25, 0.3) is 11.0 Å². The monoisotopic (exact) mass is 370 g/mol. The van der Waals surface area contributed by atoms with E-state index < -0.39 is 5.97 Å². The summed E-state index contributed by atoms with van der Waals surface area (Å²) in [6.07, 6.45) is 9.28. The minimum absolute atomic E-state index is 0.208. The molecule has 2 aromatic heterocycles. The predicted octanol–water partition coefficient (Wildman–Crippen LogP) is 3.64. The third-order valence-electron chi connectivity index (χ3n) is 5.12. The Morgan fingerprint density at radius 2 is 2.33 bits per heavy atom. The molecule has 0 radical (unpaired) electrons. The first-order valence-corrected chi connectivity index (χ1v) is 9.48. The Bertz CT molecular complexity index is 811. The fourth-order valence-electron chi connectivity index (χ4n) is 3.77. The molecule has 1 fully saturated rings. The van der Waals surface area contributed by atoms with E-state index >= 15 is 0 Å². The first-order chi connectivity index (χ1) is 13.2. The van der Waals surface area contributed by atoms with E-state index in [0.29, 0.717) is 24.5 Å². The smallest absolute Gasteiger partial charge is 0.341 e. The Kier molecular flexibility index (Phi) is 6.66. The maximum absolute atomic E-state index is 12.5. The Morgan fingerprint density at radius 3 is 3.15 bits per heavy atom. The molecule has 3 rings (SSSR count).